The first kappa shape index (κ1) is 15.0. The zero-order valence-corrected chi connectivity index (χ0v) is 13.3. The third-order valence-electron chi connectivity index (χ3n) is 3.20. The van der Waals surface area contributed by atoms with Crippen molar-refractivity contribution in [2.24, 2.45) is 5.92 Å². The first-order valence-corrected chi connectivity index (χ1v) is 8.11. The van der Waals surface area contributed by atoms with Crippen molar-refractivity contribution in [3.05, 3.63) is 40.9 Å². The van der Waals surface area contributed by atoms with Crippen LogP contribution in [0.15, 0.2) is 30.3 Å². The molecule has 0 bridgehead atoms. The number of rotatable bonds is 7. The molecule has 1 atom stereocenters. The molecule has 108 valence electrons. The summed E-state index contributed by atoms with van der Waals surface area (Å²) in [5.74, 6) is 0.627. The highest BCUT2D eigenvalue weighted by molar-refractivity contribution is 7.15. The highest BCUT2D eigenvalue weighted by Gasteiger charge is 2.11. The summed E-state index contributed by atoms with van der Waals surface area (Å²) in [5.41, 5.74) is 1.36. The predicted octanol–water partition coefficient (Wildman–Crippen LogP) is 4.17. The molecule has 0 aliphatic heterocycles. The second-order valence-corrected chi connectivity index (χ2v) is 6.60. The minimum Gasteiger partial charge on any atom is -0.357 e. The normalized spacial score (nSPS) is 12.6. The van der Waals surface area contributed by atoms with Crippen molar-refractivity contribution in [1.82, 2.24) is 10.2 Å². The van der Waals surface area contributed by atoms with Gasteiger partial charge in [0.1, 0.15) is 5.01 Å². The first-order valence-electron chi connectivity index (χ1n) is 7.30. The smallest absolute Gasteiger partial charge is 0.205 e. The fraction of sp³-hybridized carbons (Fsp3) is 0.500. The summed E-state index contributed by atoms with van der Waals surface area (Å²) in [6.07, 6.45) is 3.11. The maximum Gasteiger partial charge on any atom is 0.205 e. The van der Waals surface area contributed by atoms with Gasteiger partial charge in [0, 0.05) is 12.5 Å². The lowest BCUT2D eigenvalue weighted by molar-refractivity contribution is 0.639. The maximum absolute atomic E-state index is 4.26. The maximum atomic E-state index is 4.26. The Balaban J connectivity index is 1.94. The Hall–Kier alpha value is -1.42. The van der Waals surface area contributed by atoms with Crippen molar-refractivity contribution in [3.8, 4) is 0 Å². The van der Waals surface area contributed by atoms with E-state index < -0.39 is 0 Å². The van der Waals surface area contributed by atoms with Crippen LogP contribution in [-0.2, 0) is 12.8 Å². The molecule has 0 amide bonds. The van der Waals surface area contributed by atoms with Crippen LogP contribution >= 0.6 is 11.3 Å². The summed E-state index contributed by atoms with van der Waals surface area (Å²) in [5, 5.41) is 14.1. The largest absolute Gasteiger partial charge is 0.357 e. The van der Waals surface area contributed by atoms with Gasteiger partial charge in [0.15, 0.2) is 0 Å². The molecule has 1 heterocycles. The number of hydrogen-bond acceptors (Lipinski definition) is 4. The van der Waals surface area contributed by atoms with Crippen molar-refractivity contribution in [1.29, 1.82) is 0 Å². The highest BCUT2D eigenvalue weighted by Crippen LogP contribution is 2.20. The van der Waals surface area contributed by atoms with Crippen molar-refractivity contribution < 1.29 is 0 Å². The molecule has 1 aromatic carbocycles. The summed E-state index contributed by atoms with van der Waals surface area (Å²) < 4.78 is 0. The molecule has 0 radical (unpaired) electrons. The zero-order chi connectivity index (χ0) is 14.4. The molecule has 20 heavy (non-hydrogen) atoms. The van der Waals surface area contributed by atoms with Gasteiger partial charge in [0.2, 0.25) is 5.13 Å². The minimum absolute atomic E-state index is 0.414. The molecule has 3 nitrogen and oxygen atoms in total. The van der Waals surface area contributed by atoms with Crippen molar-refractivity contribution in [2.75, 3.05) is 5.32 Å². The highest BCUT2D eigenvalue weighted by atomic mass is 32.1. The number of hydrogen-bond donors (Lipinski definition) is 1. The Morgan fingerprint density at radius 2 is 1.85 bits per heavy atom. The van der Waals surface area contributed by atoms with Gasteiger partial charge in [0.05, 0.1) is 0 Å². The average Bonchev–Trinajstić information content (AvgIpc) is 2.85. The van der Waals surface area contributed by atoms with Crippen LogP contribution in [0.4, 0.5) is 5.13 Å². The molecule has 0 spiro atoms. The fourth-order valence-electron chi connectivity index (χ4n) is 2.11. The average molecular weight is 289 g/mol. The molecule has 0 aliphatic rings. The Kier molecular flexibility index (Phi) is 5.53. The van der Waals surface area contributed by atoms with Crippen LogP contribution in [0.3, 0.4) is 0 Å². The topological polar surface area (TPSA) is 37.8 Å². The number of nitrogens with zero attached hydrogens (tertiary/aromatic N) is 2. The molecular weight excluding hydrogens is 266 g/mol. The van der Waals surface area contributed by atoms with Crippen LogP contribution in [0.25, 0.3) is 0 Å². The van der Waals surface area contributed by atoms with Crippen LogP contribution in [0, 0.1) is 5.92 Å². The molecule has 0 aliphatic carbocycles. The second kappa shape index (κ2) is 7.39. The lowest BCUT2D eigenvalue weighted by Gasteiger charge is -2.15. The molecule has 1 N–H and O–H groups in total. The van der Waals surface area contributed by atoms with E-state index >= 15 is 0 Å². The van der Waals surface area contributed by atoms with E-state index in [-0.39, 0.29) is 0 Å². The Morgan fingerprint density at radius 3 is 2.50 bits per heavy atom. The van der Waals surface area contributed by atoms with E-state index in [4.69, 9.17) is 0 Å². The van der Waals surface area contributed by atoms with Crippen molar-refractivity contribution in [3.63, 3.8) is 0 Å². The summed E-state index contributed by atoms with van der Waals surface area (Å²) in [7, 11) is 0. The molecule has 0 saturated heterocycles. The minimum atomic E-state index is 0.414. The van der Waals surface area contributed by atoms with Crippen LogP contribution in [0.1, 0.15) is 37.8 Å². The lowest BCUT2D eigenvalue weighted by atomic mass is 10.0. The lowest BCUT2D eigenvalue weighted by Crippen LogP contribution is -2.21. The predicted molar refractivity (Wildman–Crippen MR) is 86.3 cm³/mol. The van der Waals surface area contributed by atoms with Gasteiger partial charge in [-0.1, -0.05) is 62.4 Å². The molecule has 2 aromatic rings. The molecule has 4 heteroatoms. The molecule has 0 saturated carbocycles. The van der Waals surface area contributed by atoms with E-state index in [1.54, 1.807) is 11.3 Å². The Bertz CT molecular complexity index is 507. The quantitative estimate of drug-likeness (QED) is 0.831. The summed E-state index contributed by atoms with van der Waals surface area (Å²) in [6, 6.07) is 11.0. The molecule has 1 aromatic heterocycles. The number of aromatic nitrogens is 2. The summed E-state index contributed by atoms with van der Waals surface area (Å²) in [4.78, 5) is 0. The third-order valence-corrected chi connectivity index (χ3v) is 4.07. The van der Waals surface area contributed by atoms with Crippen molar-refractivity contribution >= 4 is 16.5 Å². The van der Waals surface area contributed by atoms with Gasteiger partial charge >= 0.3 is 0 Å². The first-order chi connectivity index (χ1) is 9.67. The van der Waals surface area contributed by atoms with Crippen molar-refractivity contribution in [2.45, 2.75) is 46.1 Å². The van der Waals surface area contributed by atoms with E-state index in [2.05, 4.69) is 66.6 Å². The number of benzene rings is 1. The molecular formula is C16H23N3S. The summed E-state index contributed by atoms with van der Waals surface area (Å²) >= 11 is 1.68. The van der Waals surface area contributed by atoms with Gasteiger partial charge in [-0.05, 0) is 24.3 Å². The number of anilines is 1. The van der Waals surface area contributed by atoms with Gasteiger partial charge in [-0.3, -0.25) is 0 Å². The van der Waals surface area contributed by atoms with E-state index in [0.717, 1.165) is 29.4 Å². The SMILES string of the molecule is CCC(Cc1ccccc1)Nc1nnc(CC(C)C)s1. The van der Waals surface area contributed by atoms with E-state index in [1.165, 1.54) is 5.56 Å². The number of nitrogens with one attached hydrogen (secondary N) is 1. The monoisotopic (exact) mass is 289 g/mol. The van der Waals surface area contributed by atoms with Gasteiger partial charge in [-0.15, -0.1) is 10.2 Å². The zero-order valence-electron chi connectivity index (χ0n) is 12.5. The second-order valence-electron chi connectivity index (χ2n) is 5.54. The van der Waals surface area contributed by atoms with Crippen LogP contribution in [-0.4, -0.2) is 16.2 Å². The van der Waals surface area contributed by atoms with Gasteiger partial charge in [-0.2, -0.15) is 0 Å². The molecule has 1 unspecified atom stereocenters. The van der Waals surface area contributed by atoms with Gasteiger partial charge in [-0.25, -0.2) is 0 Å². The van der Waals surface area contributed by atoms with E-state index in [1.807, 2.05) is 0 Å². The van der Waals surface area contributed by atoms with E-state index in [0.29, 0.717) is 12.0 Å². The summed E-state index contributed by atoms with van der Waals surface area (Å²) in [6.45, 7) is 6.62. The van der Waals surface area contributed by atoms with Crippen LogP contribution < -0.4 is 5.32 Å². The van der Waals surface area contributed by atoms with Crippen LogP contribution in [0.5, 0.6) is 0 Å². The standard InChI is InChI=1S/C16H23N3S/c1-4-14(11-13-8-6-5-7-9-13)17-16-19-18-15(20-16)10-12(2)3/h5-9,12,14H,4,10-11H2,1-3H3,(H,17,19). The van der Waals surface area contributed by atoms with E-state index in [9.17, 15) is 0 Å². The van der Waals surface area contributed by atoms with Gasteiger partial charge < -0.3 is 5.32 Å². The Morgan fingerprint density at radius 1 is 1.10 bits per heavy atom. The van der Waals surface area contributed by atoms with Gasteiger partial charge in [0.25, 0.3) is 0 Å². The third kappa shape index (κ3) is 4.60. The Labute approximate surface area is 125 Å². The molecule has 0 fully saturated rings. The fourth-order valence-corrected chi connectivity index (χ4v) is 3.14. The van der Waals surface area contributed by atoms with Crippen LogP contribution in [0.2, 0.25) is 0 Å². The molecule has 2 rings (SSSR count).